The summed E-state index contributed by atoms with van der Waals surface area (Å²) in [4.78, 5) is 11.3. The van der Waals surface area contributed by atoms with E-state index in [1.54, 1.807) is 18.2 Å². The van der Waals surface area contributed by atoms with Gasteiger partial charge in [-0.1, -0.05) is 0 Å². The van der Waals surface area contributed by atoms with Crippen LogP contribution in [-0.4, -0.2) is 43.8 Å². The standard InChI is InChI=1S/C12H16ClNO4/c1-17-11-5-8(12(16)18-2)3-4-10(11)14-7-9(15)6-13/h3-5,9,14-15H,6-7H2,1-2H3. The van der Waals surface area contributed by atoms with Gasteiger partial charge < -0.3 is 19.9 Å². The van der Waals surface area contributed by atoms with Crippen molar-refractivity contribution in [2.75, 3.05) is 32.0 Å². The maximum Gasteiger partial charge on any atom is 0.337 e. The van der Waals surface area contributed by atoms with Crippen molar-refractivity contribution in [3.8, 4) is 5.75 Å². The maximum atomic E-state index is 11.3. The highest BCUT2D eigenvalue weighted by molar-refractivity contribution is 6.18. The summed E-state index contributed by atoms with van der Waals surface area (Å²) in [7, 11) is 2.82. The molecule has 0 aliphatic rings. The number of hydrogen-bond donors (Lipinski definition) is 2. The summed E-state index contributed by atoms with van der Waals surface area (Å²) < 4.78 is 9.78. The van der Waals surface area contributed by atoms with Crippen LogP contribution in [0.4, 0.5) is 5.69 Å². The second-order valence-electron chi connectivity index (χ2n) is 3.60. The maximum absolute atomic E-state index is 11.3. The number of carbonyl (C=O) groups is 1. The van der Waals surface area contributed by atoms with Gasteiger partial charge in [-0.25, -0.2) is 4.79 Å². The van der Waals surface area contributed by atoms with Crippen LogP contribution >= 0.6 is 11.6 Å². The molecule has 0 aromatic heterocycles. The van der Waals surface area contributed by atoms with Gasteiger partial charge in [0.25, 0.3) is 0 Å². The molecule has 0 amide bonds. The van der Waals surface area contributed by atoms with Crippen molar-refractivity contribution in [3.05, 3.63) is 23.8 Å². The fourth-order valence-electron chi connectivity index (χ4n) is 1.36. The number of nitrogens with one attached hydrogen (secondary N) is 1. The fraction of sp³-hybridized carbons (Fsp3) is 0.417. The fourth-order valence-corrected chi connectivity index (χ4v) is 1.47. The smallest absolute Gasteiger partial charge is 0.337 e. The molecule has 6 heteroatoms. The number of anilines is 1. The first-order valence-electron chi connectivity index (χ1n) is 5.36. The number of benzene rings is 1. The monoisotopic (exact) mass is 273 g/mol. The second kappa shape index (κ2) is 7.08. The number of halogens is 1. The van der Waals surface area contributed by atoms with Crippen LogP contribution in [0.3, 0.4) is 0 Å². The lowest BCUT2D eigenvalue weighted by Crippen LogP contribution is -2.21. The van der Waals surface area contributed by atoms with Gasteiger partial charge in [-0.3, -0.25) is 0 Å². The summed E-state index contributed by atoms with van der Waals surface area (Å²) >= 11 is 5.50. The van der Waals surface area contributed by atoms with E-state index in [2.05, 4.69) is 10.1 Å². The first-order valence-corrected chi connectivity index (χ1v) is 5.90. The Bertz CT molecular complexity index is 411. The van der Waals surface area contributed by atoms with Gasteiger partial charge in [0.05, 0.1) is 37.5 Å². The van der Waals surface area contributed by atoms with Crippen molar-refractivity contribution >= 4 is 23.3 Å². The van der Waals surface area contributed by atoms with E-state index in [0.717, 1.165) is 0 Å². The van der Waals surface area contributed by atoms with Crippen molar-refractivity contribution in [3.63, 3.8) is 0 Å². The van der Waals surface area contributed by atoms with Crippen molar-refractivity contribution < 1.29 is 19.4 Å². The minimum absolute atomic E-state index is 0.148. The molecular weight excluding hydrogens is 258 g/mol. The van der Waals surface area contributed by atoms with Gasteiger partial charge in [-0.15, -0.1) is 11.6 Å². The van der Waals surface area contributed by atoms with Gasteiger partial charge in [0.2, 0.25) is 0 Å². The number of carbonyl (C=O) groups excluding carboxylic acids is 1. The zero-order chi connectivity index (χ0) is 13.5. The second-order valence-corrected chi connectivity index (χ2v) is 3.90. The predicted octanol–water partition coefficient (Wildman–Crippen LogP) is 1.49. The Balaban J connectivity index is 2.83. The summed E-state index contributed by atoms with van der Waals surface area (Å²) in [6.45, 7) is 0.303. The number of aliphatic hydroxyl groups is 1. The Morgan fingerprint density at radius 3 is 2.78 bits per heavy atom. The van der Waals surface area contributed by atoms with E-state index >= 15 is 0 Å². The van der Waals surface area contributed by atoms with Gasteiger partial charge >= 0.3 is 5.97 Å². The zero-order valence-corrected chi connectivity index (χ0v) is 11.0. The molecule has 1 unspecified atom stereocenters. The summed E-state index contributed by atoms with van der Waals surface area (Å²) in [5, 5.41) is 12.3. The Kier molecular flexibility index (Phi) is 5.74. The van der Waals surface area contributed by atoms with Crippen LogP contribution in [0, 0.1) is 0 Å². The molecular formula is C12H16ClNO4. The molecule has 0 fully saturated rings. The van der Waals surface area contributed by atoms with Gasteiger partial charge in [-0.05, 0) is 18.2 Å². The van der Waals surface area contributed by atoms with Crippen molar-refractivity contribution in [2.45, 2.75) is 6.10 Å². The van der Waals surface area contributed by atoms with Crippen LogP contribution in [-0.2, 0) is 4.74 Å². The number of methoxy groups -OCH3 is 2. The van der Waals surface area contributed by atoms with Gasteiger partial charge in [0.1, 0.15) is 5.75 Å². The summed E-state index contributed by atoms with van der Waals surface area (Å²) in [5.74, 6) is 0.218. The number of rotatable bonds is 6. The first-order chi connectivity index (χ1) is 8.62. The molecule has 0 saturated heterocycles. The Morgan fingerprint density at radius 2 is 2.22 bits per heavy atom. The molecule has 0 aliphatic carbocycles. The van der Waals surface area contributed by atoms with E-state index in [1.165, 1.54) is 14.2 Å². The third-order valence-electron chi connectivity index (χ3n) is 2.33. The molecule has 1 aromatic carbocycles. The normalized spacial score (nSPS) is 11.8. The largest absolute Gasteiger partial charge is 0.495 e. The quantitative estimate of drug-likeness (QED) is 0.607. The van der Waals surface area contributed by atoms with Crippen LogP contribution in [0.15, 0.2) is 18.2 Å². The molecule has 1 rings (SSSR count). The average molecular weight is 274 g/mol. The van der Waals surface area contributed by atoms with Crippen molar-refractivity contribution in [2.24, 2.45) is 0 Å². The zero-order valence-electron chi connectivity index (χ0n) is 10.3. The Labute approximate surface area is 111 Å². The van der Waals surface area contributed by atoms with Crippen LogP contribution in [0.25, 0.3) is 0 Å². The van der Waals surface area contributed by atoms with Crippen molar-refractivity contribution in [1.29, 1.82) is 0 Å². The SMILES string of the molecule is COC(=O)c1ccc(NCC(O)CCl)c(OC)c1. The highest BCUT2D eigenvalue weighted by Gasteiger charge is 2.11. The molecule has 0 radical (unpaired) electrons. The van der Waals surface area contributed by atoms with E-state index in [-0.39, 0.29) is 5.88 Å². The van der Waals surface area contributed by atoms with Gasteiger partial charge in [0, 0.05) is 6.54 Å². The van der Waals surface area contributed by atoms with E-state index in [0.29, 0.717) is 23.5 Å². The topological polar surface area (TPSA) is 67.8 Å². The van der Waals surface area contributed by atoms with Crippen LogP contribution in [0.2, 0.25) is 0 Å². The molecule has 0 spiro atoms. The van der Waals surface area contributed by atoms with Crippen LogP contribution < -0.4 is 10.1 Å². The molecule has 0 saturated carbocycles. The lowest BCUT2D eigenvalue weighted by molar-refractivity contribution is 0.0600. The van der Waals surface area contributed by atoms with Gasteiger partial charge in [-0.2, -0.15) is 0 Å². The summed E-state index contributed by atoms with van der Waals surface area (Å²) in [6, 6.07) is 4.87. The molecule has 0 heterocycles. The van der Waals surface area contributed by atoms with E-state index in [4.69, 9.17) is 16.3 Å². The average Bonchev–Trinajstić information content (AvgIpc) is 2.43. The number of alkyl halides is 1. The van der Waals surface area contributed by atoms with E-state index < -0.39 is 12.1 Å². The van der Waals surface area contributed by atoms with Crippen LogP contribution in [0.1, 0.15) is 10.4 Å². The van der Waals surface area contributed by atoms with Crippen LogP contribution in [0.5, 0.6) is 5.75 Å². The molecule has 18 heavy (non-hydrogen) atoms. The number of esters is 1. The minimum atomic E-state index is -0.642. The number of hydrogen-bond acceptors (Lipinski definition) is 5. The molecule has 5 nitrogen and oxygen atoms in total. The lowest BCUT2D eigenvalue weighted by Gasteiger charge is -2.14. The Hall–Kier alpha value is -1.46. The van der Waals surface area contributed by atoms with E-state index in [1.807, 2.05) is 0 Å². The number of aliphatic hydroxyl groups excluding tert-OH is 1. The molecule has 0 aliphatic heterocycles. The number of ether oxygens (including phenoxy) is 2. The highest BCUT2D eigenvalue weighted by Crippen LogP contribution is 2.25. The van der Waals surface area contributed by atoms with Gasteiger partial charge in [0.15, 0.2) is 0 Å². The summed E-state index contributed by atoms with van der Waals surface area (Å²) in [5.41, 5.74) is 1.08. The first kappa shape index (κ1) is 14.6. The molecule has 2 N–H and O–H groups in total. The van der Waals surface area contributed by atoms with E-state index in [9.17, 15) is 9.90 Å². The third kappa shape index (κ3) is 3.78. The molecule has 1 aromatic rings. The lowest BCUT2D eigenvalue weighted by atomic mass is 10.2. The molecule has 0 bridgehead atoms. The highest BCUT2D eigenvalue weighted by atomic mass is 35.5. The minimum Gasteiger partial charge on any atom is -0.495 e. The summed E-state index contributed by atoms with van der Waals surface area (Å²) in [6.07, 6.45) is -0.642. The predicted molar refractivity (Wildman–Crippen MR) is 69.6 cm³/mol. The van der Waals surface area contributed by atoms with Crippen molar-refractivity contribution in [1.82, 2.24) is 0 Å². The molecule has 1 atom stereocenters. The molecule has 100 valence electrons. The third-order valence-corrected chi connectivity index (χ3v) is 2.69. The Morgan fingerprint density at radius 1 is 1.50 bits per heavy atom.